The average molecular weight is 407 g/mol. The first-order valence-electron chi connectivity index (χ1n) is 10.2. The van der Waals surface area contributed by atoms with Gasteiger partial charge in [-0.3, -0.25) is 4.90 Å². The summed E-state index contributed by atoms with van der Waals surface area (Å²) in [5, 5.41) is 16.6. The number of thiazole rings is 1. The summed E-state index contributed by atoms with van der Waals surface area (Å²) in [5.41, 5.74) is 3.47. The summed E-state index contributed by atoms with van der Waals surface area (Å²) in [6, 6.07) is 16.9. The van der Waals surface area contributed by atoms with Crippen LogP contribution in [0.3, 0.4) is 0 Å². The van der Waals surface area contributed by atoms with Gasteiger partial charge in [-0.2, -0.15) is 0 Å². The number of β-amino-alcohol motifs (C(OH)–C–C–N with tert-alkyl or cyclic N) is 1. The number of rotatable bonds is 5. The van der Waals surface area contributed by atoms with Crippen molar-refractivity contribution in [2.45, 2.75) is 19.6 Å². The van der Waals surface area contributed by atoms with Crippen LogP contribution in [0.25, 0.3) is 21.8 Å². The number of fused-ring (bicyclic) bond motifs is 3. The molecule has 4 aromatic rings. The van der Waals surface area contributed by atoms with Crippen LogP contribution in [0.15, 0.2) is 53.9 Å². The highest BCUT2D eigenvalue weighted by atomic mass is 32.1. The van der Waals surface area contributed by atoms with Gasteiger partial charge in [-0.1, -0.05) is 36.4 Å². The minimum Gasteiger partial charge on any atom is -0.390 e. The minimum absolute atomic E-state index is 0.400. The largest absolute Gasteiger partial charge is 0.390 e. The Kier molecular flexibility index (Phi) is 4.99. The summed E-state index contributed by atoms with van der Waals surface area (Å²) in [6.07, 6.45) is -0.400. The molecule has 0 saturated carbocycles. The maximum absolute atomic E-state index is 10.9. The van der Waals surface area contributed by atoms with Gasteiger partial charge < -0.3 is 14.6 Å². The van der Waals surface area contributed by atoms with E-state index in [2.05, 4.69) is 73.3 Å². The molecule has 2 aromatic heterocycles. The van der Waals surface area contributed by atoms with Crippen LogP contribution in [0, 0.1) is 6.92 Å². The number of benzene rings is 2. The fraction of sp³-hybridized carbons (Fsp3) is 0.348. The molecule has 0 radical (unpaired) electrons. The highest BCUT2D eigenvalue weighted by Gasteiger charge is 2.22. The van der Waals surface area contributed by atoms with E-state index >= 15 is 0 Å². The normalized spacial score (nSPS) is 16.7. The van der Waals surface area contributed by atoms with Crippen LogP contribution in [0.1, 0.15) is 5.69 Å². The number of aliphatic hydroxyl groups is 1. The Morgan fingerprint density at radius 1 is 0.931 bits per heavy atom. The van der Waals surface area contributed by atoms with Crippen molar-refractivity contribution >= 4 is 38.3 Å². The highest BCUT2D eigenvalue weighted by molar-refractivity contribution is 7.13. The second-order valence-corrected chi connectivity index (χ2v) is 8.69. The third kappa shape index (κ3) is 3.64. The minimum atomic E-state index is -0.400. The predicted octanol–water partition coefficient (Wildman–Crippen LogP) is 3.74. The molecule has 1 aliphatic heterocycles. The smallest absolute Gasteiger partial charge is 0.185 e. The lowest BCUT2D eigenvalue weighted by Crippen LogP contribution is -2.49. The van der Waals surface area contributed by atoms with Gasteiger partial charge in [0.2, 0.25) is 0 Å². The standard InChI is InChI=1S/C23H26N4OS/c1-17-16-29-23(24-17)26-12-10-25(11-13-26)14-18(28)15-27-21-8-4-2-6-19(21)20-7-3-5-9-22(20)27/h2-9,16,18,28H,10-15H2,1H3. The Balaban J connectivity index is 1.27. The van der Waals surface area contributed by atoms with Gasteiger partial charge in [0.1, 0.15) is 0 Å². The van der Waals surface area contributed by atoms with Gasteiger partial charge in [0.05, 0.1) is 18.3 Å². The number of para-hydroxylation sites is 2. The van der Waals surface area contributed by atoms with Crippen molar-refractivity contribution in [3.8, 4) is 0 Å². The molecule has 6 heteroatoms. The third-order valence-electron chi connectivity index (χ3n) is 5.79. The third-order valence-corrected chi connectivity index (χ3v) is 6.81. The van der Waals surface area contributed by atoms with Gasteiger partial charge >= 0.3 is 0 Å². The maximum Gasteiger partial charge on any atom is 0.185 e. The first-order valence-corrected chi connectivity index (χ1v) is 11.1. The molecule has 0 spiro atoms. The Hall–Kier alpha value is -2.41. The number of aryl methyl sites for hydroxylation is 1. The van der Waals surface area contributed by atoms with Crippen molar-refractivity contribution in [1.82, 2.24) is 14.5 Å². The van der Waals surface area contributed by atoms with E-state index in [4.69, 9.17) is 0 Å². The van der Waals surface area contributed by atoms with Crippen LogP contribution in [0.2, 0.25) is 0 Å². The summed E-state index contributed by atoms with van der Waals surface area (Å²) in [4.78, 5) is 9.33. The van der Waals surface area contributed by atoms with Crippen molar-refractivity contribution in [2.24, 2.45) is 0 Å². The zero-order valence-corrected chi connectivity index (χ0v) is 17.5. The molecule has 0 aliphatic carbocycles. The summed E-state index contributed by atoms with van der Waals surface area (Å²) in [5.74, 6) is 0. The molecular formula is C23H26N4OS. The molecule has 1 fully saturated rings. The molecule has 29 heavy (non-hydrogen) atoms. The number of aliphatic hydroxyl groups excluding tert-OH is 1. The zero-order chi connectivity index (χ0) is 19.8. The van der Waals surface area contributed by atoms with Gasteiger partial charge in [-0.25, -0.2) is 4.98 Å². The van der Waals surface area contributed by atoms with Crippen LogP contribution < -0.4 is 4.90 Å². The molecule has 1 N–H and O–H groups in total. The summed E-state index contributed by atoms with van der Waals surface area (Å²) < 4.78 is 2.27. The maximum atomic E-state index is 10.9. The van der Waals surface area contributed by atoms with E-state index in [9.17, 15) is 5.11 Å². The van der Waals surface area contributed by atoms with Crippen LogP contribution >= 0.6 is 11.3 Å². The monoisotopic (exact) mass is 406 g/mol. The number of anilines is 1. The van der Waals surface area contributed by atoms with E-state index in [1.54, 1.807) is 11.3 Å². The summed E-state index contributed by atoms with van der Waals surface area (Å²) >= 11 is 1.72. The van der Waals surface area contributed by atoms with Crippen LogP contribution in [-0.4, -0.2) is 58.4 Å². The van der Waals surface area contributed by atoms with Gasteiger partial charge in [-0.15, -0.1) is 11.3 Å². The lowest BCUT2D eigenvalue weighted by Gasteiger charge is -2.35. The average Bonchev–Trinajstić information content (AvgIpc) is 3.31. The fourth-order valence-electron chi connectivity index (χ4n) is 4.38. The Labute approximate surface area is 174 Å². The molecule has 5 rings (SSSR count). The zero-order valence-electron chi connectivity index (χ0n) is 16.7. The Morgan fingerprint density at radius 2 is 1.55 bits per heavy atom. The topological polar surface area (TPSA) is 44.5 Å². The highest BCUT2D eigenvalue weighted by Crippen LogP contribution is 2.29. The summed E-state index contributed by atoms with van der Waals surface area (Å²) in [7, 11) is 0. The van der Waals surface area contributed by atoms with E-state index < -0.39 is 6.10 Å². The van der Waals surface area contributed by atoms with Gasteiger partial charge in [0.15, 0.2) is 5.13 Å². The van der Waals surface area contributed by atoms with E-state index in [1.165, 1.54) is 21.8 Å². The number of hydrogen-bond acceptors (Lipinski definition) is 5. The quantitative estimate of drug-likeness (QED) is 0.548. The molecule has 1 atom stereocenters. The molecule has 0 amide bonds. The molecule has 150 valence electrons. The predicted molar refractivity (Wildman–Crippen MR) is 121 cm³/mol. The number of aromatic nitrogens is 2. The molecule has 3 heterocycles. The lowest BCUT2D eigenvalue weighted by molar-refractivity contribution is 0.0969. The molecule has 1 saturated heterocycles. The van der Waals surface area contributed by atoms with Gasteiger partial charge in [0, 0.05) is 59.9 Å². The Bertz CT molecular complexity index is 1070. The molecule has 1 unspecified atom stereocenters. The summed E-state index contributed by atoms with van der Waals surface area (Å²) in [6.45, 7) is 7.21. The molecule has 1 aliphatic rings. The van der Waals surface area contributed by atoms with Crippen molar-refractivity contribution in [2.75, 3.05) is 37.6 Å². The van der Waals surface area contributed by atoms with Gasteiger partial charge in [-0.05, 0) is 19.1 Å². The van der Waals surface area contributed by atoms with Crippen LogP contribution in [0.4, 0.5) is 5.13 Å². The lowest BCUT2D eigenvalue weighted by atomic mass is 10.2. The second kappa shape index (κ2) is 7.78. The second-order valence-electron chi connectivity index (χ2n) is 7.86. The first-order chi connectivity index (χ1) is 14.2. The molecule has 2 aromatic carbocycles. The number of nitrogens with zero attached hydrogens (tertiary/aromatic N) is 4. The van der Waals surface area contributed by atoms with Gasteiger partial charge in [0.25, 0.3) is 0 Å². The van der Waals surface area contributed by atoms with E-state index in [0.717, 1.165) is 37.0 Å². The van der Waals surface area contributed by atoms with Crippen molar-refractivity contribution in [3.63, 3.8) is 0 Å². The van der Waals surface area contributed by atoms with E-state index in [0.29, 0.717) is 13.1 Å². The fourth-order valence-corrected chi connectivity index (χ4v) is 5.23. The SMILES string of the molecule is Cc1csc(N2CCN(CC(O)Cn3c4ccccc4c4ccccc43)CC2)n1. The van der Waals surface area contributed by atoms with Crippen molar-refractivity contribution < 1.29 is 5.11 Å². The molecular weight excluding hydrogens is 380 g/mol. The first kappa shape index (κ1) is 18.6. The van der Waals surface area contributed by atoms with E-state index in [1.807, 2.05) is 6.92 Å². The van der Waals surface area contributed by atoms with E-state index in [-0.39, 0.29) is 0 Å². The molecule has 0 bridgehead atoms. The van der Waals surface area contributed by atoms with Crippen molar-refractivity contribution in [3.05, 3.63) is 59.6 Å². The molecule has 5 nitrogen and oxygen atoms in total. The van der Waals surface area contributed by atoms with Crippen LogP contribution in [-0.2, 0) is 6.54 Å². The Morgan fingerprint density at radius 3 is 2.14 bits per heavy atom. The number of piperazine rings is 1. The number of hydrogen-bond donors (Lipinski definition) is 1. The van der Waals surface area contributed by atoms with Crippen molar-refractivity contribution in [1.29, 1.82) is 0 Å². The van der Waals surface area contributed by atoms with Crippen LogP contribution in [0.5, 0.6) is 0 Å².